The van der Waals surface area contributed by atoms with E-state index in [1.165, 1.54) is 12.1 Å². The minimum absolute atomic E-state index is 0.00731. The van der Waals surface area contributed by atoms with Gasteiger partial charge in [-0.3, -0.25) is 4.79 Å². The number of carboxylic acids is 1. The fourth-order valence-electron chi connectivity index (χ4n) is 1.23. The molecule has 0 amide bonds. The van der Waals surface area contributed by atoms with Crippen molar-refractivity contribution in [2.45, 2.75) is 17.4 Å². The summed E-state index contributed by atoms with van der Waals surface area (Å²) in [5.41, 5.74) is 0. The van der Waals surface area contributed by atoms with Crippen LogP contribution in [0.25, 0.3) is 0 Å². The number of halogens is 1. The number of nitrogens with one attached hydrogen (secondary N) is 1. The first-order valence-corrected chi connectivity index (χ1v) is 7.54. The Morgan fingerprint density at radius 2 is 1.89 bits per heavy atom. The van der Waals surface area contributed by atoms with Crippen molar-refractivity contribution in [2.24, 2.45) is 0 Å². The molecule has 0 aliphatic rings. The number of rotatable bonds is 6. The number of carbonyl (C=O) groups is 1. The van der Waals surface area contributed by atoms with Gasteiger partial charge in [-0.15, -0.1) is 0 Å². The van der Waals surface area contributed by atoms with E-state index >= 15 is 0 Å². The maximum atomic E-state index is 11.9. The van der Waals surface area contributed by atoms with E-state index in [4.69, 9.17) is 10.2 Å². The first kappa shape index (κ1) is 15.3. The Balaban J connectivity index is 2.93. The summed E-state index contributed by atoms with van der Waals surface area (Å²) >= 11 is 2.03. The second kappa shape index (κ2) is 6.45. The van der Waals surface area contributed by atoms with Crippen molar-refractivity contribution < 1.29 is 23.4 Å². The molecule has 0 unspecified atom stereocenters. The smallest absolute Gasteiger partial charge is 0.321 e. The molecule has 8 heteroatoms. The Bertz CT molecular complexity index is 514. The van der Waals surface area contributed by atoms with E-state index in [1.54, 1.807) is 12.1 Å². The second-order valence-corrected chi connectivity index (χ2v) is 6.44. The van der Waals surface area contributed by atoms with Crippen LogP contribution in [-0.4, -0.2) is 37.2 Å². The molecule has 3 N–H and O–H groups in total. The number of aliphatic carboxylic acids is 1. The van der Waals surface area contributed by atoms with Gasteiger partial charge in [-0.05, 0) is 53.3 Å². The summed E-state index contributed by atoms with van der Waals surface area (Å²) in [5.74, 6) is -1.32. The van der Waals surface area contributed by atoms with Crippen LogP contribution in [0.1, 0.15) is 6.42 Å². The molecular weight excluding hydrogens is 373 g/mol. The van der Waals surface area contributed by atoms with Gasteiger partial charge in [-0.25, -0.2) is 8.42 Å². The van der Waals surface area contributed by atoms with Crippen LogP contribution in [0.3, 0.4) is 0 Å². The molecule has 0 radical (unpaired) electrons. The van der Waals surface area contributed by atoms with Crippen LogP contribution >= 0.6 is 22.6 Å². The van der Waals surface area contributed by atoms with Gasteiger partial charge in [0, 0.05) is 10.2 Å². The normalized spacial score (nSPS) is 13.2. The molecule has 0 spiro atoms. The van der Waals surface area contributed by atoms with E-state index in [0.29, 0.717) is 0 Å². The molecule has 0 saturated carbocycles. The van der Waals surface area contributed by atoms with Crippen LogP contribution in [0.5, 0.6) is 0 Å². The number of aliphatic hydroxyl groups is 1. The summed E-state index contributed by atoms with van der Waals surface area (Å²) < 4.78 is 26.7. The Morgan fingerprint density at radius 1 is 1.33 bits per heavy atom. The largest absolute Gasteiger partial charge is 0.480 e. The molecule has 100 valence electrons. The predicted molar refractivity (Wildman–Crippen MR) is 72.6 cm³/mol. The van der Waals surface area contributed by atoms with Crippen molar-refractivity contribution in [3.63, 3.8) is 0 Å². The van der Waals surface area contributed by atoms with Gasteiger partial charge in [0.05, 0.1) is 4.90 Å². The lowest BCUT2D eigenvalue weighted by atomic mass is 10.2. The van der Waals surface area contributed by atoms with Crippen LogP contribution < -0.4 is 4.72 Å². The van der Waals surface area contributed by atoms with Crippen LogP contribution in [-0.2, 0) is 14.8 Å². The maximum absolute atomic E-state index is 11.9. The van der Waals surface area contributed by atoms with Crippen molar-refractivity contribution in [1.29, 1.82) is 0 Å². The van der Waals surface area contributed by atoms with Gasteiger partial charge in [0.25, 0.3) is 0 Å². The highest BCUT2D eigenvalue weighted by Gasteiger charge is 2.24. The average Bonchev–Trinajstić information content (AvgIpc) is 2.28. The lowest BCUT2D eigenvalue weighted by molar-refractivity contribution is -0.139. The molecule has 0 aliphatic carbocycles. The van der Waals surface area contributed by atoms with Crippen molar-refractivity contribution in [1.82, 2.24) is 4.72 Å². The molecule has 6 nitrogen and oxygen atoms in total. The standard InChI is InChI=1S/C10H12INO5S/c11-7-1-3-8(4-2-7)18(16,17)12-9(5-6-13)10(14)15/h1-4,9,12-13H,5-6H2,(H,14,15)/t9-/m0/s1. The lowest BCUT2D eigenvalue weighted by Gasteiger charge is -2.13. The van der Waals surface area contributed by atoms with Gasteiger partial charge >= 0.3 is 5.97 Å². The molecule has 1 rings (SSSR count). The third-order valence-corrected chi connectivity index (χ3v) is 4.34. The van der Waals surface area contributed by atoms with Gasteiger partial charge in [0.15, 0.2) is 0 Å². The Labute approximate surface area is 118 Å². The summed E-state index contributed by atoms with van der Waals surface area (Å²) in [6.45, 7) is -0.411. The molecule has 18 heavy (non-hydrogen) atoms. The van der Waals surface area contributed by atoms with Gasteiger partial charge < -0.3 is 10.2 Å². The molecule has 0 saturated heterocycles. The molecule has 0 fully saturated rings. The third-order valence-electron chi connectivity index (χ3n) is 2.14. The van der Waals surface area contributed by atoms with Crippen molar-refractivity contribution in [3.8, 4) is 0 Å². The maximum Gasteiger partial charge on any atom is 0.321 e. The van der Waals surface area contributed by atoms with Gasteiger partial charge in [0.2, 0.25) is 10.0 Å². The number of carboxylic acid groups (broad SMARTS) is 1. The van der Waals surface area contributed by atoms with Crippen LogP contribution in [0.4, 0.5) is 0 Å². The molecular formula is C10H12INO5S. The molecule has 0 aliphatic heterocycles. The van der Waals surface area contributed by atoms with Crippen LogP contribution in [0.15, 0.2) is 29.2 Å². The van der Waals surface area contributed by atoms with Crippen molar-refractivity contribution in [3.05, 3.63) is 27.8 Å². The van der Waals surface area contributed by atoms with Crippen LogP contribution in [0.2, 0.25) is 0 Å². The van der Waals surface area contributed by atoms with Gasteiger partial charge in [0.1, 0.15) is 6.04 Å². The molecule has 1 aromatic carbocycles. The number of sulfonamides is 1. The van der Waals surface area contributed by atoms with E-state index in [1.807, 2.05) is 27.3 Å². The number of hydrogen-bond acceptors (Lipinski definition) is 4. The Hall–Kier alpha value is -0.710. The number of aliphatic hydroxyl groups excluding tert-OH is 1. The summed E-state index contributed by atoms with van der Waals surface area (Å²) in [7, 11) is -3.89. The minimum atomic E-state index is -3.89. The summed E-state index contributed by atoms with van der Waals surface area (Å²) in [4.78, 5) is 10.8. The van der Waals surface area contributed by atoms with Gasteiger partial charge in [-0.2, -0.15) is 4.72 Å². The van der Waals surface area contributed by atoms with E-state index in [0.717, 1.165) is 3.57 Å². The predicted octanol–water partition coefficient (Wildman–Crippen LogP) is 0.405. The zero-order valence-electron chi connectivity index (χ0n) is 9.21. The monoisotopic (exact) mass is 385 g/mol. The minimum Gasteiger partial charge on any atom is -0.480 e. The summed E-state index contributed by atoms with van der Waals surface area (Å²) in [5, 5.41) is 17.5. The van der Waals surface area contributed by atoms with Crippen LogP contribution in [0, 0.1) is 3.57 Å². The Morgan fingerprint density at radius 3 is 2.33 bits per heavy atom. The fraction of sp³-hybridized carbons (Fsp3) is 0.300. The molecule has 1 atom stereocenters. The quantitative estimate of drug-likeness (QED) is 0.616. The first-order valence-electron chi connectivity index (χ1n) is 4.98. The topological polar surface area (TPSA) is 104 Å². The summed E-state index contributed by atoms with van der Waals surface area (Å²) in [6, 6.07) is 4.66. The van der Waals surface area contributed by atoms with Crippen molar-refractivity contribution in [2.75, 3.05) is 6.61 Å². The van der Waals surface area contributed by atoms with Gasteiger partial charge in [-0.1, -0.05) is 0 Å². The highest BCUT2D eigenvalue weighted by Crippen LogP contribution is 2.12. The molecule has 0 heterocycles. The number of hydrogen-bond donors (Lipinski definition) is 3. The highest BCUT2D eigenvalue weighted by molar-refractivity contribution is 14.1. The molecule has 0 bridgehead atoms. The fourth-order valence-corrected chi connectivity index (χ4v) is 2.81. The first-order chi connectivity index (χ1) is 8.36. The van der Waals surface area contributed by atoms with E-state index in [2.05, 4.69) is 0 Å². The number of benzene rings is 1. The van der Waals surface area contributed by atoms with E-state index < -0.39 is 28.6 Å². The van der Waals surface area contributed by atoms with E-state index in [-0.39, 0.29) is 11.3 Å². The zero-order chi connectivity index (χ0) is 13.8. The van der Waals surface area contributed by atoms with E-state index in [9.17, 15) is 13.2 Å². The summed E-state index contributed by atoms with van der Waals surface area (Å²) in [6.07, 6.45) is -0.182. The highest BCUT2D eigenvalue weighted by atomic mass is 127. The van der Waals surface area contributed by atoms with Crippen molar-refractivity contribution >= 4 is 38.6 Å². The molecule has 1 aromatic rings. The third kappa shape index (κ3) is 4.19. The molecule has 0 aromatic heterocycles. The zero-order valence-corrected chi connectivity index (χ0v) is 12.2. The second-order valence-electron chi connectivity index (χ2n) is 3.48. The Kier molecular flexibility index (Phi) is 5.50. The SMILES string of the molecule is O=C(O)[C@H](CCO)NS(=O)(=O)c1ccc(I)cc1. The lowest BCUT2D eigenvalue weighted by Crippen LogP contribution is -2.41. The average molecular weight is 385 g/mol.